The summed E-state index contributed by atoms with van der Waals surface area (Å²) in [5.41, 5.74) is 1.84. The largest absolute Gasteiger partial charge is 0.391 e. The van der Waals surface area contributed by atoms with Gasteiger partial charge in [0, 0.05) is 39.1 Å². The summed E-state index contributed by atoms with van der Waals surface area (Å²) in [6, 6.07) is 0.143. The Morgan fingerprint density at radius 3 is 2.65 bits per heavy atom. The number of likely N-dealkylation sites (N-methyl/N-ethyl adjacent to an activating group) is 2. The first-order valence-corrected chi connectivity index (χ1v) is 7.58. The number of piperazine rings is 1. The topological polar surface area (TPSA) is 44.5 Å². The molecule has 2 rings (SSSR count). The lowest BCUT2D eigenvalue weighted by Crippen LogP contribution is -2.55. The number of hydrogen-bond donors (Lipinski definition) is 1. The van der Waals surface area contributed by atoms with Crippen molar-refractivity contribution in [2.24, 2.45) is 7.05 Å². The first kappa shape index (κ1) is 15.8. The van der Waals surface area contributed by atoms with E-state index in [2.05, 4.69) is 29.0 Å². The van der Waals surface area contributed by atoms with Crippen LogP contribution in [-0.4, -0.2) is 70.6 Å². The van der Waals surface area contributed by atoms with E-state index in [4.69, 9.17) is 11.6 Å². The number of aliphatic hydroxyl groups is 1. The second-order valence-electron chi connectivity index (χ2n) is 5.77. The molecule has 1 aromatic heterocycles. The smallest absolute Gasteiger partial charge is 0.0850 e. The Labute approximate surface area is 126 Å². The predicted octanol–water partition coefficient (Wildman–Crippen LogP) is 0.785. The molecule has 0 spiro atoms. The molecule has 1 aromatic rings. The molecule has 20 heavy (non-hydrogen) atoms. The van der Waals surface area contributed by atoms with Gasteiger partial charge in [-0.3, -0.25) is 9.58 Å². The summed E-state index contributed by atoms with van der Waals surface area (Å²) in [6.45, 7) is 4.95. The Morgan fingerprint density at radius 2 is 2.05 bits per heavy atom. The SMILES string of the molecule is CCc1nn(C)c(CC(O)C2CN(C)CCN2C)c1Cl. The quantitative estimate of drug-likeness (QED) is 0.893. The number of aliphatic hydroxyl groups excluding tert-OH is 1. The van der Waals surface area contributed by atoms with Crippen molar-refractivity contribution < 1.29 is 5.11 Å². The van der Waals surface area contributed by atoms with Crippen molar-refractivity contribution in [3.05, 3.63) is 16.4 Å². The van der Waals surface area contributed by atoms with Crippen LogP contribution in [0, 0.1) is 0 Å². The average Bonchev–Trinajstić information content (AvgIpc) is 2.68. The van der Waals surface area contributed by atoms with Crippen LogP contribution in [-0.2, 0) is 19.9 Å². The van der Waals surface area contributed by atoms with Crippen LogP contribution in [0.1, 0.15) is 18.3 Å². The highest BCUT2D eigenvalue weighted by Gasteiger charge is 2.30. The number of aromatic nitrogens is 2. The van der Waals surface area contributed by atoms with Gasteiger partial charge in [0.2, 0.25) is 0 Å². The molecule has 1 fully saturated rings. The van der Waals surface area contributed by atoms with E-state index in [1.807, 2.05) is 14.0 Å². The Kier molecular flexibility index (Phi) is 5.07. The number of aryl methyl sites for hydroxylation is 2. The van der Waals surface area contributed by atoms with Crippen molar-refractivity contribution in [2.45, 2.75) is 31.9 Å². The zero-order valence-corrected chi connectivity index (χ0v) is 13.6. The van der Waals surface area contributed by atoms with Gasteiger partial charge in [-0.25, -0.2) is 0 Å². The molecule has 6 heteroatoms. The maximum atomic E-state index is 10.6. The highest BCUT2D eigenvalue weighted by Crippen LogP contribution is 2.23. The number of nitrogens with zero attached hydrogens (tertiary/aromatic N) is 4. The minimum atomic E-state index is -0.430. The molecule has 0 radical (unpaired) electrons. The summed E-state index contributed by atoms with van der Waals surface area (Å²) in [4.78, 5) is 4.49. The summed E-state index contributed by atoms with van der Waals surface area (Å²) in [7, 11) is 6.06. The van der Waals surface area contributed by atoms with Gasteiger partial charge < -0.3 is 10.0 Å². The lowest BCUT2D eigenvalue weighted by molar-refractivity contribution is 0.0145. The van der Waals surface area contributed by atoms with Crippen LogP contribution in [0.2, 0.25) is 5.02 Å². The summed E-state index contributed by atoms with van der Waals surface area (Å²) in [5, 5.41) is 15.7. The maximum absolute atomic E-state index is 10.6. The number of rotatable bonds is 4. The minimum Gasteiger partial charge on any atom is -0.391 e. The number of halogens is 1. The zero-order valence-electron chi connectivity index (χ0n) is 12.8. The van der Waals surface area contributed by atoms with E-state index in [1.165, 1.54) is 0 Å². The van der Waals surface area contributed by atoms with E-state index < -0.39 is 6.10 Å². The fourth-order valence-corrected chi connectivity index (χ4v) is 3.21. The third kappa shape index (κ3) is 3.17. The zero-order chi connectivity index (χ0) is 14.9. The van der Waals surface area contributed by atoms with Crippen molar-refractivity contribution >= 4 is 11.6 Å². The molecule has 114 valence electrons. The molecule has 0 amide bonds. The summed E-state index contributed by atoms with van der Waals surface area (Å²) in [5.74, 6) is 0. The highest BCUT2D eigenvalue weighted by molar-refractivity contribution is 6.31. The summed E-state index contributed by atoms with van der Waals surface area (Å²) in [6.07, 6.45) is 0.931. The van der Waals surface area contributed by atoms with Crippen molar-refractivity contribution in [1.29, 1.82) is 0 Å². The van der Waals surface area contributed by atoms with Crippen molar-refractivity contribution in [3.8, 4) is 0 Å². The molecule has 2 unspecified atom stereocenters. The van der Waals surface area contributed by atoms with Crippen LogP contribution in [0.15, 0.2) is 0 Å². The molecule has 2 heterocycles. The fraction of sp³-hybridized carbons (Fsp3) is 0.786. The molecule has 1 saturated heterocycles. The van der Waals surface area contributed by atoms with Gasteiger partial charge in [0.25, 0.3) is 0 Å². The summed E-state index contributed by atoms with van der Waals surface area (Å²) < 4.78 is 1.80. The van der Waals surface area contributed by atoms with Crippen LogP contribution in [0.25, 0.3) is 0 Å². The lowest BCUT2D eigenvalue weighted by atomic mass is 10.0. The van der Waals surface area contributed by atoms with E-state index in [9.17, 15) is 5.11 Å². The van der Waals surface area contributed by atoms with E-state index in [1.54, 1.807) is 4.68 Å². The van der Waals surface area contributed by atoms with Crippen molar-refractivity contribution in [3.63, 3.8) is 0 Å². The van der Waals surface area contributed by atoms with Crippen LogP contribution >= 0.6 is 11.6 Å². The normalized spacial score (nSPS) is 23.2. The molecule has 1 aliphatic heterocycles. The van der Waals surface area contributed by atoms with Crippen LogP contribution in [0.4, 0.5) is 0 Å². The second kappa shape index (κ2) is 6.43. The van der Waals surface area contributed by atoms with Gasteiger partial charge in [0.05, 0.1) is 22.5 Å². The van der Waals surface area contributed by atoms with Crippen LogP contribution in [0.3, 0.4) is 0 Å². The molecular weight excluding hydrogens is 276 g/mol. The predicted molar refractivity (Wildman–Crippen MR) is 81.2 cm³/mol. The van der Waals surface area contributed by atoms with E-state index >= 15 is 0 Å². The second-order valence-corrected chi connectivity index (χ2v) is 6.14. The van der Waals surface area contributed by atoms with Gasteiger partial charge in [-0.15, -0.1) is 0 Å². The molecule has 1 aliphatic rings. The molecule has 1 N–H and O–H groups in total. The van der Waals surface area contributed by atoms with E-state index in [-0.39, 0.29) is 6.04 Å². The standard InChI is InChI=1S/C14H25ClN4O/c1-5-10-14(15)11(19(4)16-10)8-13(20)12-9-17(2)6-7-18(12)3/h12-13,20H,5-9H2,1-4H3. The van der Waals surface area contributed by atoms with Gasteiger partial charge in [-0.1, -0.05) is 18.5 Å². The van der Waals surface area contributed by atoms with Gasteiger partial charge in [0.15, 0.2) is 0 Å². The molecule has 0 saturated carbocycles. The monoisotopic (exact) mass is 300 g/mol. The Hall–Kier alpha value is -0.620. The van der Waals surface area contributed by atoms with E-state index in [0.29, 0.717) is 11.4 Å². The lowest BCUT2D eigenvalue weighted by Gasteiger charge is -2.40. The average molecular weight is 301 g/mol. The third-order valence-electron chi connectivity index (χ3n) is 4.25. The molecule has 0 bridgehead atoms. The van der Waals surface area contributed by atoms with Gasteiger partial charge in [-0.2, -0.15) is 5.10 Å². The fourth-order valence-electron chi connectivity index (χ4n) is 2.84. The molecule has 0 aromatic carbocycles. The Morgan fingerprint density at radius 1 is 1.35 bits per heavy atom. The molecule has 0 aliphatic carbocycles. The number of hydrogen-bond acceptors (Lipinski definition) is 4. The van der Waals surface area contributed by atoms with Crippen LogP contribution < -0.4 is 0 Å². The third-order valence-corrected chi connectivity index (χ3v) is 4.69. The molecule has 5 nitrogen and oxygen atoms in total. The van der Waals surface area contributed by atoms with Gasteiger partial charge in [-0.05, 0) is 20.5 Å². The molecular formula is C14H25ClN4O. The summed E-state index contributed by atoms with van der Waals surface area (Å²) >= 11 is 6.36. The van der Waals surface area contributed by atoms with Crippen molar-refractivity contribution in [2.75, 3.05) is 33.7 Å². The minimum absolute atomic E-state index is 0.143. The Bertz CT molecular complexity index is 462. The van der Waals surface area contributed by atoms with Crippen LogP contribution in [0.5, 0.6) is 0 Å². The Balaban J connectivity index is 2.11. The first-order valence-electron chi connectivity index (χ1n) is 7.21. The molecule has 2 atom stereocenters. The van der Waals surface area contributed by atoms with Crippen molar-refractivity contribution in [1.82, 2.24) is 19.6 Å². The maximum Gasteiger partial charge on any atom is 0.0850 e. The van der Waals surface area contributed by atoms with Gasteiger partial charge in [0.1, 0.15) is 0 Å². The highest BCUT2D eigenvalue weighted by atomic mass is 35.5. The first-order chi connectivity index (χ1) is 9.43. The van der Waals surface area contributed by atoms with E-state index in [0.717, 1.165) is 37.4 Å². The van der Waals surface area contributed by atoms with Gasteiger partial charge >= 0.3 is 0 Å².